The molecule has 2 saturated heterocycles. The van der Waals surface area contributed by atoms with Gasteiger partial charge in [-0.15, -0.1) is 24.0 Å². The zero-order chi connectivity index (χ0) is 21.7. The number of hydrogen-bond donors (Lipinski definition) is 2. The summed E-state index contributed by atoms with van der Waals surface area (Å²) in [7, 11) is 0. The molecule has 0 bridgehead atoms. The maximum atomic E-state index is 5.87. The van der Waals surface area contributed by atoms with E-state index in [1.807, 2.05) is 0 Å². The number of rotatable bonds is 10. The van der Waals surface area contributed by atoms with Crippen molar-refractivity contribution in [3.05, 3.63) is 35.9 Å². The Labute approximate surface area is 211 Å². The summed E-state index contributed by atoms with van der Waals surface area (Å²) in [4.78, 5) is 7.38. The van der Waals surface area contributed by atoms with Gasteiger partial charge in [-0.1, -0.05) is 30.3 Å². The highest BCUT2D eigenvalue weighted by Crippen LogP contribution is 2.20. The minimum atomic E-state index is 0. The Morgan fingerprint density at radius 2 is 1.97 bits per heavy atom. The number of halogens is 1. The Morgan fingerprint density at radius 3 is 2.69 bits per heavy atom. The van der Waals surface area contributed by atoms with Gasteiger partial charge in [0.05, 0.1) is 0 Å². The van der Waals surface area contributed by atoms with Gasteiger partial charge in [-0.2, -0.15) is 0 Å². The van der Waals surface area contributed by atoms with Crippen LogP contribution in [-0.4, -0.2) is 69.0 Å². The van der Waals surface area contributed by atoms with Crippen molar-refractivity contribution in [3.63, 3.8) is 0 Å². The highest BCUT2D eigenvalue weighted by atomic mass is 127. The fraction of sp³-hybridized carbons (Fsp3) is 0.720. The van der Waals surface area contributed by atoms with Crippen LogP contribution in [-0.2, 0) is 16.0 Å². The lowest BCUT2D eigenvalue weighted by atomic mass is 9.97. The predicted octanol–water partition coefficient (Wildman–Crippen LogP) is 4.05. The van der Waals surface area contributed by atoms with E-state index >= 15 is 0 Å². The fourth-order valence-electron chi connectivity index (χ4n) is 4.44. The van der Waals surface area contributed by atoms with Crippen LogP contribution in [0.5, 0.6) is 0 Å². The molecule has 2 heterocycles. The maximum Gasteiger partial charge on any atom is 0.191 e. The van der Waals surface area contributed by atoms with Gasteiger partial charge in [0.15, 0.2) is 5.96 Å². The molecule has 3 rings (SSSR count). The number of nitrogens with one attached hydrogen (secondary N) is 2. The molecule has 2 aliphatic heterocycles. The van der Waals surface area contributed by atoms with Crippen molar-refractivity contribution in [2.45, 2.75) is 64.6 Å². The van der Waals surface area contributed by atoms with Crippen LogP contribution in [0.2, 0.25) is 0 Å². The topological polar surface area (TPSA) is 58.1 Å². The molecule has 2 unspecified atom stereocenters. The van der Waals surface area contributed by atoms with Crippen molar-refractivity contribution in [1.82, 2.24) is 15.5 Å². The average molecular weight is 559 g/mol. The number of benzene rings is 1. The van der Waals surface area contributed by atoms with E-state index in [1.54, 1.807) is 0 Å². The summed E-state index contributed by atoms with van der Waals surface area (Å²) < 4.78 is 11.3. The summed E-state index contributed by atoms with van der Waals surface area (Å²) in [6.07, 6.45) is 5.53. The van der Waals surface area contributed by atoms with Gasteiger partial charge in [-0.25, -0.2) is 0 Å². The molecular weight excluding hydrogens is 515 g/mol. The first-order valence-electron chi connectivity index (χ1n) is 12.2. The van der Waals surface area contributed by atoms with Gasteiger partial charge in [0.25, 0.3) is 0 Å². The molecule has 0 aromatic heterocycles. The van der Waals surface area contributed by atoms with E-state index in [9.17, 15) is 0 Å². The van der Waals surface area contributed by atoms with Crippen LogP contribution in [0.15, 0.2) is 35.3 Å². The summed E-state index contributed by atoms with van der Waals surface area (Å²) in [5.74, 6) is 1.62. The van der Waals surface area contributed by atoms with E-state index in [0.29, 0.717) is 18.0 Å². The van der Waals surface area contributed by atoms with Crippen LogP contribution in [0, 0.1) is 5.92 Å². The minimum absolute atomic E-state index is 0. The molecule has 0 radical (unpaired) electrons. The molecule has 6 nitrogen and oxygen atoms in total. The first-order chi connectivity index (χ1) is 15.2. The molecule has 2 atom stereocenters. The predicted molar refractivity (Wildman–Crippen MR) is 143 cm³/mol. The lowest BCUT2D eigenvalue weighted by Crippen LogP contribution is -2.51. The van der Waals surface area contributed by atoms with E-state index in [1.165, 1.54) is 5.56 Å². The van der Waals surface area contributed by atoms with Crippen molar-refractivity contribution >= 4 is 29.9 Å². The van der Waals surface area contributed by atoms with Crippen molar-refractivity contribution in [2.75, 3.05) is 46.1 Å². The first-order valence-corrected chi connectivity index (χ1v) is 12.2. The Kier molecular flexibility index (Phi) is 13.5. The fourth-order valence-corrected chi connectivity index (χ4v) is 4.44. The highest BCUT2D eigenvalue weighted by molar-refractivity contribution is 14.0. The molecule has 1 aromatic rings. The van der Waals surface area contributed by atoms with Gasteiger partial charge in [0.1, 0.15) is 0 Å². The molecule has 182 valence electrons. The van der Waals surface area contributed by atoms with Gasteiger partial charge in [-0.05, 0) is 57.4 Å². The lowest BCUT2D eigenvalue weighted by molar-refractivity contribution is 0.0205. The lowest BCUT2D eigenvalue weighted by Gasteiger charge is -2.38. The third kappa shape index (κ3) is 9.93. The number of ether oxygens (including phenoxy) is 2. The molecule has 0 amide bonds. The van der Waals surface area contributed by atoms with Crippen molar-refractivity contribution in [1.29, 1.82) is 0 Å². The minimum Gasteiger partial charge on any atom is -0.381 e. The first kappa shape index (κ1) is 27.3. The van der Waals surface area contributed by atoms with Crippen LogP contribution >= 0.6 is 24.0 Å². The van der Waals surface area contributed by atoms with E-state index in [0.717, 1.165) is 90.7 Å². The molecule has 1 aromatic carbocycles. The van der Waals surface area contributed by atoms with Crippen LogP contribution in [0.25, 0.3) is 0 Å². The molecule has 0 spiro atoms. The van der Waals surface area contributed by atoms with Crippen LogP contribution in [0.3, 0.4) is 0 Å². The van der Waals surface area contributed by atoms with Crippen LogP contribution < -0.4 is 10.6 Å². The van der Waals surface area contributed by atoms with Gasteiger partial charge in [0.2, 0.25) is 0 Å². The molecule has 0 aliphatic carbocycles. The SMILES string of the molecule is CCNC(=NCCCOCC1CCOCC1)NC1CCN(Cc2ccccc2)C(C)C1.I. The summed E-state index contributed by atoms with van der Waals surface area (Å²) in [5, 5.41) is 7.08. The molecule has 7 heteroatoms. The summed E-state index contributed by atoms with van der Waals surface area (Å²) in [5.41, 5.74) is 1.40. The Balaban J connectivity index is 0.00000363. The van der Waals surface area contributed by atoms with Gasteiger partial charge in [0, 0.05) is 64.7 Å². The standard InChI is InChI=1S/C25H42N4O2.HI/c1-3-26-25(27-13-7-15-31-20-23-11-16-30-17-12-23)28-24-10-14-29(21(2)18-24)19-22-8-5-4-6-9-22;/h4-6,8-9,21,23-24H,3,7,10-20H2,1-2H3,(H2,26,27,28);1H. The largest absolute Gasteiger partial charge is 0.381 e. The Hall–Kier alpha value is -0.900. The number of nitrogens with zero attached hydrogens (tertiary/aromatic N) is 2. The second kappa shape index (κ2) is 15.9. The second-order valence-electron chi connectivity index (χ2n) is 8.92. The molecule has 0 saturated carbocycles. The van der Waals surface area contributed by atoms with Gasteiger partial charge >= 0.3 is 0 Å². The van der Waals surface area contributed by atoms with Crippen molar-refractivity contribution in [3.8, 4) is 0 Å². The van der Waals surface area contributed by atoms with E-state index in [2.05, 4.69) is 59.7 Å². The average Bonchev–Trinajstić information content (AvgIpc) is 2.79. The van der Waals surface area contributed by atoms with E-state index < -0.39 is 0 Å². The zero-order valence-corrected chi connectivity index (χ0v) is 22.3. The molecule has 2 N–H and O–H groups in total. The third-order valence-electron chi connectivity index (χ3n) is 6.34. The quantitative estimate of drug-likeness (QED) is 0.197. The number of guanidine groups is 1. The van der Waals surface area contributed by atoms with E-state index in [4.69, 9.17) is 14.5 Å². The summed E-state index contributed by atoms with van der Waals surface area (Å²) >= 11 is 0. The highest BCUT2D eigenvalue weighted by Gasteiger charge is 2.26. The molecule has 32 heavy (non-hydrogen) atoms. The van der Waals surface area contributed by atoms with Gasteiger partial charge < -0.3 is 20.1 Å². The van der Waals surface area contributed by atoms with Crippen molar-refractivity contribution in [2.24, 2.45) is 10.9 Å². The van der Waals surface area contributed by atoms with Crippen LogP contribution in [0.1, 0.15) is 51.5 Å². The Bertz CT molecular complexity index is 640. The number of piperidine rings is 1. The smallest absolute Gasteiger partial charge is 0.191 e. The monoisotopic (exact) mass is 558 g/mol. The zero-order valence-electron chi connectivity index (χ0n) is 19.9. The number of hydrogen-bond acceptors (Lipinski definition) is 4. The van der Waals surface area contributed by atoms with E-state index in [-0.39, 0.29) is 24.0 Å². The normalized spacial score (nSPS) is 22.9. The maximum absolute atomic E-state index is 5.87. The summed E-state index contributed by atoms with van der Waals surface area (Å²) in [6, 6.07) is 11.8. The van der Waals surface area contributed by atoms with Crippen molar-refractivity contribution < 1.29 is 9.47 Å². The van der Waals surface area contributed by atoms with Gasteiger partial charge in [-0.3, -0.25) is 9.89 Å². The van der Waals surface area contributed by atoms with Crippen LogP contribution in [0.4, 0.5) is 0 Å². The molecular formula is C25H43IN4O2. The second-order valence-corrected chi connectivity index (χ2v) is 8.92. The summed E-state index contributed by atoms with van der Waals surface area (Å²) in [6.45, 7) is 11.7. The Morgan fingerprint density at radius 1 is 1.19 bits per heavy atom. The number of aliphatic imine (C=N–C) groups is 1. The number of likely N-dealkylation sites (tertiary alicyclic amines) is 1. The third-order valence-corrected chi connectivity index (χ3v) is 6.34. The molecule has 2 fully saturated rings. The molecule has 2 aliphatic rings.